The molecule has 0 amide bonds. The lowest BCUT2D eigenvalue weighted by Crippen LogP contribution is -2.19. The molecule has 0 aliphatic heterocycles. The van der Waals surface area contributed by atoms with Crippen LogP contribution in [-0.2, 0) is 5.41 Å². The topological polar surface area (TPSA) is 30.7 Å². The van der Waals surface area contributed by atoms with Crippen LogP contribution in [0.5, 0.6) is 0 Å². The summed E-state index contributed by atoms with van der Waals surface area (Å²) in [5.41, 5.74) is -0.479. The fraction of sp³-hybridized carbons (Fsp3) is 0.333. The maximum absolute atomic E-state index is 14.0. The first-order valence-corrected chi connectivity index (χ1v) is 6.23. The summed E-state index contributed by atoms with van der Waals surface area (Å²) in [4.78, 5) is 0. The van der Waals surface area contributed by atoms with Crippen LogP contribution in [0, 0.1) is 11.6 Å². The number of halogens is 4. The van der Waals surface area contributed by atoms with Gasteiger partial charge in [-0.1, -0.05) is 32.4 Å². The third kappa shape index (κ3) is 2.58. The zero-order valence-electron chi connectivity index (χ0n) is 10.5. The number of aromatic nitrogens is 3. The largest absolute Gasteiger partial charge is 0.265 e. The summed E-state index contributed by atoms with van der Waals surface area (Å²) < 4.78 is 28.3. The molecule has 0 N–H and O–H groups in total. The molecule has 0 spiro atoms. The van der Waals surface area contributed by atoms with E-state index in [2.05, 4.69) is 10.2 Å². The molecule has 7 heteroatoms. The van der Waals surface area contributed by atoms with Gasteiger partial charge >= 0.3 is 0 Å². The van der Waals surface area contributed by atoms with E-state index in [0.29, 0.717) is 5.82 Å². The Morgan fingerprint density at radius 1 is 1.11 bits per heavy atom. The Labute approximate surface area is 119 Å². The summed E-state index contributed by atoms with van der Waals surface area (Å²) in [5.74, 6) is -1.14. The van der Waals surface area contributed by atoms with Gasteiger partial charge in [-0.25, -0.2) is 8.78 Å². The minimum atomic E-state index is -0.822. The van der Waals surface area contributed by atoms with Crippen molar-refractivity contribution < 1.29 is 8.78 Å². The van der Waals surface area contributed by atoms with E-state index in [1.807, 2.05) is 20.8 Å². The maximum Gasteiger partial charge on any atom is 0.229 e. The second-order valence-corrected chi connectivity index (χ2v) is 5.84. The van der Waals surface area contributed by atoms with Crippen LogP contribution < -0.4 is 0 Å². The first kappa shape index (κ1) is 14.2. The summed E-state index contributed by atoms with van der Waals surface area (Å²) in [6.07, 6.45) is 0. The predicted molar refractivity (Wildman–Crippen MR) is 70.0 cm³/mol. The van der Waals surface area contributed by atoms with Crippen LogP contribution in [0.2, 0.25) is 10.3 Å². The van der Waals surface area contributed by atoms with Gasteiger partial charge in [-0.05, 0) is 17.7 Å². The number of hydrogen-bond acceptors (Lipinski definition) is 2. The zero-order chi connectivity index (χ0) is 14.4. The molecule has 1 aromatic heterocycles. The zero-order valence-corrected chi connectivity index (χ0v) is 12.0. The second kappa shape index (κ2) is 4.72. The van der Waals surface area contributed by atoms with E-state index < -0.39 is 17.0 Å². The highest BCUT2D eigenvalue weighted by Crippen LogP contribution is 2.32. The van der Waals surface area contributed by atoms with Gasteiger partial charge in [0, 0.05) is 11.5 Å². The monoisotopic (exact) mass is 305 g/mol. The highest BCUT2D eigenvalue weighted by molar-refractivity contribution is 6.33. The van der Waals surface area contributed by atoms with E-state index in [0.717, 1.165) is 12.1 Å². The third-order valence-corrected chi connectivity index (χ3v) is 3.03. The Balaban J connectivity index is 2.77. The smallest absolute Gasteiger partial charge is 0.229 e. The van der Waals surface area contributed by atoms with Crippen LogP contribution in [0.25, 0.3) is 5.69 Å². The van der Waals surface area contributed by atoms with Crippen molar-refractivity contribution >= 4 is 23.2 Å². The Bertz CT molecular complexity index is 609. The van der Waals surface area contributed by atoms with Gasteiger partial charge in [0.2, 0.25) is 5.28 Å². The number of rotatable bonds is 1. The van der Waals surface area contributed by atoms with E-state index >= 15 is 0 Å². The van der Waals surface area contributed by atoms with Gasteiger partial charge in [0.05, 0.1) is 5.02 Å². The quantitative estimate of drug-likeness (QED) is 0.792. The molecule has 0 saturated carbocycles. The lowest BCUT2D eigenvalue weighted by molar-refractivity contribution is 0.524. The SMILES string of the molecule is CC(C)(C)c1nnc(Cl)n1-c1c(F)cc(F)cc1Cl. The first-order valence-electron chi connectivity index (χ1n) is 5.48. The summed E-state index contributed by atoms with van der Waals surface area (Å²) >= 11 is 11.8. The van der Waals surface area contributed by atoms with Gasteiger partial charge in [-0.15, -0.1) is 10.2 Å². The first-order chi connectivity index (χ1) is 8.71. The molecule has 0 fully saturated rings. The Morgan fingerprint density at radius 3 is 2.26 bits per heavy atom. The molecule has 0 unspecified atom stereocenters. The average molecular weight is 306 g/mol. The van der Waals surface area contributed by atoms with Gasteiger partial charge in [0.1, 0.15) is 17.3 Å². The summed E-state index contributed by atoms with van der Waals surface area (Å²) in [6, 6.07) is 1.76. The van der Waals surface area contributed by atoms with E-state index in [-0.39, 0.29) is 16.0 Å². The van der Waals surface area contributed by atoms with Crippen molar-refractivity contribution in [3.05, 3.63) is 39.9 Å². The van der Waals surface area contributed by atoms with Crippen LogP contribution in [0.1, 0.15) is 26.6 Å². The Kier molecular flexibility index (Phi) is 3.53. The van der Waals surface area contributed by atoms with Crippen LogP contribution in [0.15, 0.2) is 12.1 Å². The molecule has 3 nitrogen and oxygen atoms in total. The second-order valence-electron chi connectivity index (χ2n) is 5.10. The van der Waals surface area contributed by atoms with Gasteiger partial charge in [0.15, 0.2) is 5.82 Å². The Morgan fingerprint density at radius 2 is 1.74 bits per heavy atom. The molecule has 0 aliphatic carbocycles. The van der Waals surface area contributed by atoms with Crippen molar-refractivity contribution in [2.24, 2.45) is 0 Å². The molecule has 102 valence electrons. The van der Waals surface area contributed by atoms with Gasteiger partial charge in [-0.3, -0.25) is 4.57 Å². The normalized spacial score (nSPS) is 11.9. The predicted octanol–water partition coefficient (Wildman–Crippen LogP) is 4.15. The van der Waals surface area contributed by atoms with E-state index in [1.54, 1.807) is 0 Å². The molecule has 0 saturated heterocycles. The lowest BCUT2D eigenvalue weighted by Gasteiger charge is -2.19. The molecular formula is C12H11Cl2F2N3. The third-order valence-electron chi connectivity index (χ3n) is 2.50. The van der Waals surface area contributed by atoms with Crippen LogP contribution in [0.4, 0.5) is 8.78 Å². The van der Waals surface area contributed by atoms with Crippen molar-refractivity contribution in [3.8, 4) is 5.69 Å². The molecule has 2 rings (SSSR count). The van der Waals surface area contributed by atoms with Gasteiger partial charge < -0.3 is 0 Å². The standard InChI is InChI=1S/C12H11Cl2F2N3/c1-12(2,3)10-17-18-11(14)19(10)9-7(13)4-6(15)5-8(9)16/h4-5H,1-3H3. The molecule has 1 aromatic carbocycles. The number of benzene rings is 1. The molecule has 2 aromatic rings. The molecule has 0 aliphatic rings. The number of nitrogens with zero attached hydrogens (tertiary/aromatic N) is 3. The fourth-order valence-electron chi connectivity index (χ4n) is 1.70. The highest BCUT2D eigenvalue weighted by Gasteiger charge is 2.27. The summed E-state index contributed by atoms with van der Waals surface area (Å²) in [5, 5.41) is 7.53. The summed E-state index contributed by atoms with van der Waals surface area (Å²) in [6.45, 7) is 5.62. The van der Waals surface area contributed by atoms with Crippen molar-refractivity contribution in [3.63, 3.8) is 0 Å². The van der Waals surface area contributed by atoms with E-state index in [4.69, 9.17) is 23.2 Å². The molecule has 0 bridgehead atoms. The lowest BCUT2D eigenvalue weighted by atomic mass is 9.95. The van der Waals surface area contributed by atoms with Gasteiger partial charge in [0.25, 0.3) is 0 Å². The molecule has 19 heavy (non-hydrogen) atoms. The van der Waals surface area contributed by atoms with Crippen LogP contribution in [-0.4, -0.2) is 14.8 Å². The fourth-order valence-corrected chi connectivity index (χ4v) is 2.18. The van der Waals surface area contributed by atoms with E-state index in [1.165, 1.54) is 4.57 Å². The van der Waals surface area contributed by atoms with E-state index in [9.17, 15) is 8.78 Å². The molecular weight excluding hydrogens is 295 g/mol. The minimum absolute atomic E-state index is 0.0302. The van der Waals surface area contributed by atoms with Crippen molar-refractivity contribution in [1.82, 2.24) is 14.8 Å². The van der Waals surface area contributed by atoms with Crippen LogP contribution in [0.3, 0.4) is 0 Å². The summed E-state index contributed by atoms with van der Waals surface area (Å²) in [7, 11) is 0. The molecule has 1 heterocycles. The van der Waals surface area contributed by atoms with Crippen LogP contribution >= 0.6 is 23.2 Å². The number of hydrogen-bond donors (Lipinski definition) is 0. The molecule has 0 radical (unpaired) electrons. The maximum atomic E-state index is 14.0. The molecule has 0 atom stereocenters. The minimum Gasteiger partial charge on any atom is -0.265 e. The Hall–Kier alpha value is -1.20. The van der Waals surface area contributed by atoms with Crippen molar-refractivity contribution in [2.75, 3.05) is 0 Å². The van der Waals surface area contributed by atoms with Gasteiger partial charge in [-0.2, -0.15) is 0 Å². The average Bonchev–Trinajstić information content (AvgIpc) is 2.59. The highest BCUT2D eigenvalue weighted by atomic mass is 35.5. The van der Waals surface area contributed by atoms with Crippen molar-refractivity contribution in [2.45, 2.75) is 26.2 Å². The van der Waals surface area contributed by atoms with Crippen molar-refractivity contribution in [1.29, 1.82) is 0 Å².